The first-order valence-corrected chi connectivity index (χ1v) is 5.46. The molecule has 2 aromatic rings. The number of aromatic nitrogens is 1. The van der Waals surface area contributed by atoms with E-state index in [4.69, 9.17) is 10.5 Å². The molecule has 0 aliphatic rings. The molecule has 0 aliphatic carbocycles. The molecule has 0 aliphatic heterocycles. The molecule has 6 heteroatoms. The summed E-state index contributed by atoms with van der Waals surface area (Å²) in [4.78, 5) is 15.7. The highest BCUT2D eigenvalue weighted by Gasteiger charge is 2.10. The smallest absolute Gasteiger partial charge is 0.255 e. The Morgan fingerprint density at radius 3 is 2.84 bits per heavy atom. The van der Waals surface area contributed by atoms with Crippen LogP contribution in [0.25, 0.3) is 0 Å². The predicted molar refractivity (Wildman–Crippen MR) is 69.6 cm³/mol. The Hall–Kier alpha value is -2.63. The lowest BCUT2D eigenvalue weighted by Crippen LogP contribution is -2.13. The number of nitrogens with two attached hydrogens (primary N) is 1. The Labute approximate surface area is 109 Å². The lowest BCUT2D eigenvalue weighted by molar-refractivity contribution is 0.102. The number of rotatable bonds is 3. The Kier molecular flexibility index (Phi) is 3.61. The van der Waals surface area contributed by atoms with Crippen LogP contribution in [0.4, 0.5) is 15.9 Å². The van der Waals surface area contributed by atoms with Gasteiger partial charge in [-0.1, -0.05) is 0 Å². The second-order valence-corrected chi connectivity index (χ2v) is 3.77. The molecule has 2 rings (SSSR count). The molecule has 0 bridgehead atoms. The van der Waals surface area contributed by atoms with Crippen LogP contribution in [0.15, 0.2) is 36.5 Å². The van der Waals surface area contributed by atoms with E-state index in [9.17, 15) is 9.18 Å². The third-order valence-corrected chi connectivity index (χ3v) is 2.47. The summed E-state index contributed by atoms with van der Waals surface area (Å²) in [7, 11) is 1.46. The van der Waals surface area contributed by atoms with Crippen LogP contribution in [0, 0.1) is 5.82 Å². The van der Waals surface area contributed by atoms with E-state index < -0.39 is 11.7 Å². The largest absolute Gasteiger partial charge is 0.497 e. The van der Waals surface area contributed by atoms with Crippen LogP contribution < -0.4 is 15.8 Å². The van der Waals surface area contributed by atoms with Gasteiger partial charge in [-0.25, -0.2) is 9.37 Å². The number of nitrogen functional groups attached to an aromatic ring is 1. The van der Waals surface area contributed by atoms with Crippen molar-refractivity contribution >= 4 is 17.4 Å². The maximum atomic E-state index is 13.6. The molecule has 19 heavy (non-hydrogen) atoms. The number of hydrogen-bond acceptors (Lipinski definition) is 4. The molecule has 0 saturated carbocycles. The van der Waals surface area contributed by atoms with E-state index in [-0.39, 0.29) is 11.5 Å². The molecule has 1 heterocycles. The van der Waals surface area contributed by atoms with Gasteiger partial charge >= 0.3 is 0 Å². The summed E-state index contributed by atoms with van der Waals surface area (Å²) in [6, 6.07) is 6.99. The van der Waals surface area contributed by atoms with E-state index in [1.54, 1.807) is 0 Å². The van der Waals surface area contributed by atoms with Crippen molar-refractivity contribution in [2.75, 3.05) is 18.2 Å². The zero-order valence-electron chi connectivity index (χ0n) is 10.2. The van der Waals surface area contributed by atoms with Crippen molar-refractivity contribution in [1.82, 2.24) is 4.98 Å². The summed E-state index contributed by atoms with van der Waals surface area (Å²) in [5.74, 6) is -0.345. The zero-order chi connectivity index (χ0) is 13.8. The minimum absolute atomic E-state index is 0.0414. The van der Waals surface area contributed by atoms with Crippen molar-refractivity contribution in [2.45, 2.75) is 0 Å². The molecule has 0 unspecified atom stereocenters. The van der Waals surface area contributed by atoms with E-state index in [2.05, 4.69) is 10.3 Å². The highest BCUT2D eigenvalue weighted by atomic mass is 19.1. The number of halogens is 1. The summed E-state index contributed by atoms with van der Waals surface area (Å²) in [5.41, 5.74) is 5.82. The quantitative estimate of drug-likeness (QED) is 0.886. The van der Waals surface area contributed by atoms with E-state index >= 15 is 0 Å². The average Bonchev–Trinajstić information content (AvgIpc) is 2.41. The van der Waals surface area contributed by atoms with Gasteiger partial charge in [0.1, 0.15) is 17.4 Å². The lowest BCUT2D eigenvalue weighted by atomic mass is 10.2. The van der Waals surface area contributed by atoms with Crippen LogP contribution in [0.1, 0.15) is 10.4 Å². The molecule has 0 radical (unpaired) electrons. The van der Waals surface area contributed by atoms with E-state index in [1.807, 2.05) is 0 Å². The van der Waals surface area contributed by atoms with Crippen molar-refractivity contribution in [3.63, 3.8) is 0 Å². The van der Waals surface area contributed by atoms with Gasteiger partial charge in [-0.05, 0) is 24.3 Å². The van der Waals surface area contributed by atoms with Crippen LogP contribution in [0.3, 0.4) is 0 Å². The molecular formula is C13H12FN3O2. The van der Waals surface area contributed by atoms with Gasteiger partial charge in [-0.3, -0.25) is 4.79 Å². The molecule has 1 aromatic carbocycles. The van der Waals surface area contributed by atoms with Crippen molar-refractivity contribution in [3.05, 3.63) is 47.9 Å². The fourth-order valence-electron chi connectivity index (χ4n) is 1.51. The van der Waals surface area contributed by atoms with Crippen LogP contribution >= 0.6 is 0 Å². The van der Waals surface area contributed by atoms with E-state index in [1.165, 1.54) is 43.6 Å². The molecule has 3 N–H and O–H groups in total. The maximum Gasteiger partial charge on any atom is 0.255 e. The number of anilines is 2. The highest BCUT2D eigenvalue weighted by Crippen LogP contribution is 2.21. The molecule has 0 saturated heterocycles. The van der Waals surface area contributed by atoms with Crippen LogP contribution in [-0.4, -0.2) is 18.0 Å². The highest BCUT2D eigenvalue weighted by molar-refractivity contribution is 6.04. The van der Waals surface area contributed by atoms with Gasteiger partial charge in [0.15, 0.2) is 0 Å². The summed E-state index contributed by atoms with van der Waals surface area (Å²) in [6.07, 6.45) is 1.41. The number of methoxy groups -OCH3 is 1. The molecule has 1 amide bonds. The number of nitrogens with zero attached hydrogens (tertiary/aromatic N) is 1. The molecular weight excluding hydrogens is 249 g/mol. The zero-order valence-corrected chi connectivity index (χ0v) is 10.2. The Morgan fingerprint density at radius 1 is 1.37 bits per heavy atom. The Morgan fingerprint density at radius 2 is 2.16 bits per heavy atom. The average molecular weight is 261 g/mol. The number of hydrogen-bond donors (Lipinski definition) is 2. The summed E-state index contributed by atoms with van der Waals surface area (Å²) in [5, 5.41) is 2.45. The van der Waals surface area contributed by atoms with Gasteiger partial charge in [0.05, 0.1) is 12.8 Å². The molecule has 1 aromatic heterocycles. The van der Waals surface area contributed by atoms with Crippen molar-refractivity contribution in [3.8, 4) is 5.75 Å². The fourth-order valence-corrected chi connectivity index (χ4v) is 1.51. The van der Waals surface area contributed by atoms with Crippen molar-refractivity contribution in [1.29, 1.82) is 0 Å². The van der Waals surface area contributed by atoms with Crippen LogP contribution in [0.5, 0.6) is 5.75 Å². The lowest BCUT2D eigenvalue weighted by Gasteiger charge is -2.08. The monoisotopic (exact) mass is 261 g/mol. The molecule has 0 fully saturated rings. The number of carbonyl (C=O) groups is 1. The third kappa shape index (κ3) is 2.98. The first-order valence-electron chi connectivity index (χ1n) is 5.46. The van der Waals surface area contributed by atoms with Crippen LogP contribution in [0.2, 0.25) is 0 Å². The minimum Gasteiger partial charge on any atom is -0.497 e. The Bertz CT molecular complexity index is 617. The summed E-state index contributed by atoms with van der Waals surface area (Å²) in [6.45, 7) is 0. The van der Waals surface area contributed by atoms with Crippen molar-refractivity contribution in [2.24, 2.45) is 0 Å². The second-order valence-electron chi connectivity index (χ2n) is 3.77. The molecule has 0 spiro atoms. The standard InChI is InChI=1S/C13H12FN3O2/c1-19-9-2-3-10(14)11(7-9)17-13(18)8-4-5-16-12(15)6-8/h2-7H,1H3,(H2,15,16)(H,17,18). The minimum atomic E-state index is -0.545. The number of amides is 1. The summed E-state index contributed by atoms with van der Waals surface area (Å²) < 4.78 is 18.5. The molecule has 0 atom stereocenters. The van der Waals surface area contributed by atoms with Gasteiger partial charge in [0, 0.05) is 17.8 Å². The number of carbonyl (C=O) groups excluding carboxylic acids is 1. The maximum absolute atomic E-state index is 13.6. The van der Waals surface area contributed by atoms with Gasteiger partial charge in [0.2, 0.25) is 0 Å². The van der Waals surface area contributed by atoms with Crippen LogP contribution in [-0.2, 0) is 0 Å². The van der Waals surface area contributed by atoms with Gasteiger partial charge in [-0.15, -0.1) is 0 Å². The second kappa shape index (κ2) is 5.34. The SMILES string of the molecule is COc1ccc(F)c(NC(=O)c2ccnc(N)c2)c1. The Balaban J connectivity index is 2.23. The first kappa shape index (κ1) is 12.8. The fraction of sp³-hybridized carbons (Fsp3) is 0.0769. The van der Waals surface area contributed by atoms with Crippen molar-refractivity contribution < 1.29 is 13.9 Å². The van der Waals surface area contributed by atoms with Gasteiger partial charge in [-0.2, -0.15) is 0 Å². The van der Waals surface area contributed by atoms with E-state index in [0.717, 1.165) is 0 Å². The number of benzene rings is 1. The first-order chi connectivity index (χ1) is 9.10. The third-order valence-electron chi connectivity index (χ3n) is 2.47. The number of nitrogens with one attached hydrogen (secondary N) is 1. The van der Waals surface area contributed by atoms with Gasteiger partial charge in [0.25, 0.3) is 5.91 Å². The van der Waals surface area contributed by atoms with Gasteiger partial charge < -0.3 is 15.8 Å². The number of ether oxygens (including phenoxy) is 1. The summed E-state index contributed by atoms with van der Waals surface area (Å²) >= 11 is 0. The molecule has 98 valence electrons. The van der Waals surface area contributed by atoms with E-state index in [0.29, 0.717) is 11.3 Å². The molecule has 5 nitrogen and oxygen atoms in total. The predicted octanol–water partition coefficient (Wildman–Crippen LogP) is 2.06. The normalized spacial score (nSPS) is 10.0. The number of pyridine rings is 1. The topological polar surface area (TPSA) is 77.2 Å².